The van der Waals surface area contributed by atoms with Crippen LogP contribution in [0.5, 0.6) is 0 Å². The Bertz CT molecular complexity index is 269. The van der Waals surface area contributed by atoms with E-state index in [1.165, 1.54) is 0 Å². The number of amides is 1. The van der Waals surface area contributed by atoms with Crippen LogP contribution in [-0.2, 0) is 14.3 Å². The lowest BCUT2D eigenvalue weighted by Gasteiger charge is -2.28. The largest absolute Gasteiger partial charge is 0.477 e. The Balaban J connectivity index is 2.76. The number of carbonyl (C=O) groups is 2. The zero-order valence-electron chi connectivity index (χ0n) is 7.60. The summed E-state index contributed by atoms with van der Waals surface area (Å²) < 4.78 is 5.06. The van der Waals surface area contributed by atoms with E-state index in [2.05, 4.69) is 0 Å². The minimum Gasteiger partial charge on any atom is -0.477 e. The van der Waals surface area contributed by atoms with Crippen molar-refractivity contribution in [3.05, 3.63) is 11.8 Å². The number of carbonyl (C=O) groups excluding carboxylic acids is 1. The Morgan fingerprint density at radius 3 is 2.36 bits per heavy atom. The van der Waals surface area contributed by atoms with Crippen LogP contribution in [-0.4, -0.2) is 48.2 Å². The molecule has 78 valence electrons. The molecular weight excluding hydrogens is 188 g/mol. The third-order valence-corrected chi connectivity index (χ3v) is 1.85. The fourth-order valence-electron chi connectivity index (χ4n) is 1.23. The minimum atomic E-state index is -1.15. The molecular formula is C8H12N2O4. The van der Waals surface area contributed by atoms with Crippen molar-refractivity contribution in [3.63, 3.8) is 0 Å². The molecule has 0 unspecified atom stereocenters. The fourth-order valence-corrected chi connectivity index (χ4v) is 1.23. The minimum absolute atomic E-state index is 0.0687. The van der Waals surface area contributed by atoms with E-state index in [1.807, 2.05) is 0 Å². The van der Waals surface area contributed by atoms with Crippen LogP contribution < -0.4 is 5.73 Å². The second-order valence-corrected chi connectivity index (χ2v) is 2.84. The summed E-state index contributed by atoms with van der Waals surface area (Å²) in [4.78, 5) is 22.9. The first-order chi connectivity index (χ1) is 6.61. The summed E-state index contributed by atoms with van der Waals surface area (Å²) in [7, 11) is 0. The molecule has 6 heteroatoms. The molecule has 3 N–H and O–H groups in total. The zero-order chi connectivity index (χ0) is 10.6. The molecule has 1 saturated heterocycles. The lowest BCUT2D eigenvalue weighted by Crippen LogP contribution is -2.38. The van der Waals surface area contributed by atoms with Gasteiger partial charge >= 0.3 is 5.97 Å². The SMILES string of the molecule is NC(=O)/C=C(\C(=O)O)N1CCOCC1. The third kappa shape index (κ3) is 2.74. The summed E-state index contributed by atoms with van der Waals surface area (Å²) in [5, 5.41) is 8.82. The number of hydrogen-bond acceptors (Lipinski definition) is 4. The van der Waals surface area contributed by atoms with Gasteiger partial charge in [0.25, 0.3) is 0 Å². The van der Waals surface area contributed by atoms with E-state index in [9.17, 15) is 9.59 Å². The number of aliphatic carboxylic acids is 1. The standard InChI is InChI=1S/C8H12N2O4/c9-7(11)5-6(8(12)13)10-1-3-14-4-2-10/h5H,1-4H2,(H2,9,11)(H,12,13)/b6-5+. The van der Waals surface area contributed by atoms with Crippen LogP contribution in [0.25, 0.3) is 0 Å². The molecule has 0 spiro atoms. The van der Waals surface area contributed by atoms with Crippen LogP contribution in [0, 0.1) is 0 Å². The molecule has 0 saturated carbocycles. The van der Waals surface area contributed by atoms with Crippen molar-refractivity contribution in [2.75, 3.05) is 26.3 Å². The van der Waals surface area contributed by atoms with Crippen LogP contribution in [0.3, 0.4) is 0 Å². The van der Waals surface area contributed by atoms with Crippen molar-refractivity contribution in [2.45, 2.75) is 0 Å². The number of carboxylic acid groups (broad SMARTS) is 1. The molecule has 0 bridgehead atoms. The Morgan fingerprint density at radius 2 is 1.93 bits per heavy atom. The maximum Gasteiger partial charge on any atom is 0.352 e. The first-order valence-electron chi connectivity index (χ1n) is 4.18. The number of rotatable bonds is 3. The normalized spacial score (nSPS) is 18.0. The highest BCUT2D eigenvalue weighted by Crippen LogP contribution is 2.07. The van der Waals surface area contributed by atoms with Crippen molar-refractivity contribution < 1.29 is 19.4 Å². The third-order valence-electron chi connectivity index (χ3n) is 1.85. The number of nitrogens with zero attached hydrogens (tertiary/aromatic N) is 1. The van der Waals surface area contributed by atoms with Crippen LogP contribution in [0.2, 0.25) is 0 Å². The fraction of sp³-hybridized carbons (Fsp3) is 0.500. The summed E-state index contributed by atoms with van der Waals surface area (Å²) >= 11 is 0. The predicted octanol–water partition coefficient (Wildman–Crippen LogP) is -1.23. The number of ether oxygens (including phenoxy) is 1. The first-order valence-corrected chi connectivity index (χ1v) is 4.18. The van der Waals surface area contributed by atoms with E-state index >= 15 is 0 Å². The van der Waals surface area contributed by atoms with Gasteiger partial charge in [0.15, 0.2) is 0 Å². The van der Waals surface area contributed by atoms with E-state index in [0.29, 0.717) is 26.3 Å². The number of hydrogen-bond donors (Lipinski definition) is 2. The molecule has 0 radical (unpaired) electrons. The van der Waals surface area contributed by atoms with E-state index in [1.54, 1.807) is 4.90 Å². The van der Waals surface area contributed by atoms with Crippen molar-refractivity contribution in [2.24, 2.45) is 5.73 Å². The molecule has 1 aliphatic rings. The lowest BCUT2D eigenvalue weighted by molar-refractivity contribution is -0.135. The Hall–Kier alpha value is -1.56. The average Bonchev–Trinajstić information content (AvgIpc) is 2.15. The highest BCUT2D eigenvalue weighted by molar-refractivity contribution is 5.96. The van der Waals surface area contributed by atoms with Gasteiger partial charge in [-0.05, 0) is 0 Å². The molecule has 6 nitrogen and oxygen atoms in total. The number of primary amides is 1. The summed E-state index contributed by atoms with van der Waals surface area (Å²) in [5.41, 5.74) is 4.83. The molecule has 0 aromatic heterocycles. The van der Waals surface area contributed by atoms with Gasteiger partial charge in [0.1, 0.15) is 5.70 Å². The summed E-state index contributed by atoms with van der Waals surface area (Å²) in [5.74, 6) is -1.90. The van der Waals surface area contributed by atoms with Crippen molar-refractivity contribution >= 4 is 11.9 Å². The van der Waals surface area contributed by atoms with Crippen LogP contribution in [0.1, 0.15) is 0 Å². The van der Waals surface area contributed by atoms with Crippen molar-refractivity contribution in [1.82, 2.24) is 4.90 Å². The summed E-state index contributed by atoms with van der Waals surface area (Å²) in [6.45, 7) is 1.85. The second kappa shape index (κ2) is 4.61. The van der Waals surface area contributed by atoms with Gasteiger partial charge in [-0.2, -0.15) is 0 Å². The monoisotopic (exact) mass is 200 g/mol. The molecule has 0 aliphatic carbocycles. The molecule has 1 aliphatic heterocycles. The van der Waals surface area contributed by atoms with Crippen LogP contribution >= 0.6 is 0 Å². The van der Waals surface area contributed by atoms with Crippen molar-refractivity contribution in [1.29, 1.82) is 0 Å². The van der Waals surface area contributed by atoms with Gasteiger partial charge < -0.3 is 20.5 Å². The Labute approximate surface area is 80.9 Å². The van der Waals surface area contributed by atoms with Crippen molar-refractivity contribution in [3.8, 4) is 0 Å². The molecule has 1 rings (SSSR count). The maximum atomic E-state index is 10.8. The molecule has 14 heavy (non-hydrogen) atoms. The van der Waals surface area contributed by atoms with E-state index in [-0.39, 0.29) is 5.70 Å². The maximum absolute atomic E-state index is 10.8. The molecule has 1 fully saturated rings. The second-order valence-electron chi connectivity index (χ2n) is 2.84. The quantitative estimate of drug-likeness (QED) is 0.556. The van der Waals surface area contributed by atoms with Gasteiger partial charge in [-0.25, -0.2) is 4.79 Å². The highest BCUT2D eigenvalue weighted by Gasteiger charge is 2.19. The molecule has 0 atom stereocenters. The van der Waals surface area contributed by atoms with Gasteiger partial charge in [0.05, 0.1) is 13.2 Å². The van der Waals surface area contributed by atoms with Gasteiger partial charge in [0.2, 0.25) is 5.91 Å². The van der Waals surface area contributed by atoms with Crippen LogP contribution in [0.4, 0.5) is 0 Å². The molecule has 1 amide bonds. The first kappa shape index (κ1) is 10.5. The number of nitrogens with two attached hydrogens (primary N) is 1. The van der Waals surface area contributed by atoms with Crippen LogP contribution in [0.15, 0.2) is 11.8 Å². The topological polar surface area (TPSA) is 92.9 Å². The highest BCUT2D eigenvalue weighted by atomic mass is 16.5. The van der Waals surface area contributed by atoms with Gasteiger partial charge in [-0.3, -0.25) is 4.79 Å². The van der Waals surface area contributed by atoms with Gasteiger partial charge in [-0.15, -0.1) is 0 Å². The molecule has 1 heterocycles. The van der Waals surface area contributed by atoms with E-state index in [4.69, 9.17) is 15.6 Å². The molecule has 0 aromatic carbocycles. The number of carboxylic acids is 1. The van der Waals surface area contributed by atoms with Gasteiger partial charge in [0, 0.05) is 19.2 Å². The van der Waals surface area contributed by atoms with E-state index in [0.717, 1.165) is 6.08 Å². The van der Waals surface area contributed by atoms with E-state index < -0.39 is 11.9 Å². The molecule has 0 aromatic rings. The number of morpholine rings is 1. The average molecular weight is 200 g/mol. The predicted molar refractivity (Wildman–Crippen MR) is 47.3 cm³/mol. The summed E-state index contributed by atoms with van der Waals surface area (Å²) in [6.07, 6.45) is 0.924. The smallest absolute Gasteiger partial charge is 0.352 e. The zero-order valence-corrected chi connectivity index (χ0v) is 7.60. The lowest BCUT2D eigenvalue weighted by atomic mass is 10.3. The Morgan fingerprint density at radius 1 is 1.36 bits per heavy atom. The Kier molecular flexibility index (Phi) is 3.47. The van der Waals surface area contributed by atoms with Gasteiger partial charge in [-0.1, -0.05) is 0 Å². The summed E-state index contributed by atoms with van der Waals surface area (Å²) in [6, 6.07) is 0.